The summed E-state index contributed by atoms with van der Waals surface area (Å²) in [7, 11) is 3.74. The highest BCUT2D eigenvalue weighted by Gasteiger charge is 2.12. The van der Waals surface area contributed by atoms with Crippen LogP contribution >= 0.6 is 15.9 Å². The summed E-state index contributed by atoms with van der Waals surface area (Å²) in [6.45, 7) is 2.03. The molecule has 0 radical (unpaired) electrons. The van der Waals surface area contributed by atoms with Crippen LogP contribution < -0.4 is 15.4 Å². The highest BCUT2D eigenvalue weighted by atomic mass is 79.9. The second-order valence-electron chi connectivity index (χ2n) is 5.21. The third-order valence-electron chi connectivity index (χ3n) is 3.39. The summed E-state index contributed by atoms with van der Waals surface area (Å²) in [5, 5.41) is 0. The highest BCUT2D eigenvalue weighted by Crippen LogP contribution is 2.32. The van der Waals surface area contributed by atoms with Gasteiger partial charge in [0.25, 0.3) is 0 Å². The summed E-state index contributed by atoms with van der Waals surface area (Å²) in [5.41, 5.74) is 9.43. The van der Waals surface area contributed by atoms with Crippen molar-refractivity contribution in [2.45, 2.75) is 19.4 Å². The maximum Gasteiger partial charge on any atom is 0.120 e. The fourth-order valence-corrected chi connectivity index (χ4v) is 2.68. The predicted octanol–water partition coefficient (Wildman–Crippen LogP) is 4.12. The Morgan fingerprint density at radius 2 is 2.00 bits per heavy atom. The van der Waals surface area contributed by atoms with Crippen LogP contribution in [0, 0.1) is 0 Å². The van der Waals surface area contributed by atoms with Gasteiger partial charge >= 0.3 is 0 Å². The van der Waals surface area contributed by atoms with Crippen molar-refractivity contribution in [2.24, 2.45) is 5.73 Å². The normalized spacial score (nSPS) is 12.0. The van der Waals surface area contributed by atoms with Crippen molar-refractivity contribution in [3.05, 3.63) is 52.5 Å². The fraction of sp³-hybridized carbons (Fsp3) is 0.294. The highest BCUT2D eigenvalue weighted by molar-refractivity contribution is 9.10. The van der Waals surface area contributed by atoms with Gasteiger partial charge in [0.1, 0.15) is 5.75 Å². The van der Waals surface area contributed by atoms with E-state index in [1.165, 1.54) is 5.56 Å². The molecule has 0 saturated carbocycles. The van der Waals surface area contributed by atoms with Crippen molar-refractivity contribution in [1.29, 1.82) is 0 Å². The first-order chi connectivity index (χ1) is 10.0. The second kappa shape index (κ2) is 6.96. The monoisotopic (exact) mass is 348 g/mol. The molecular formula is C17H21BrN2O. The van der Waals surface area contributed by atoms with Gasteiger partial charge in [-0.25, -0.2) is 0 Å². The van der Waals surface area contributed by atoms with Gasteiger partial charge in [0.15, 0.2) is 0 Å². The third kappa shape index (κ3) is 3.99. The van der Waals surface area contributed by atoms with Crippen molar-refractivity contribution in [3.63, 3.8) is 0 Å². The smallest absolute Gasteiger partial charge is 0.120 e. The molecule has 2 N–H and O–H groups in total. The molecule has 2 rings (SSSR count). The van der Waals surface area contributed by atoms with Crippen LogP contribution in [-0.2, 0) is 6.42 Å². The van der Waals surface area contributed by atoms with Crippen molar-refractivity contribution < 1.29 is 4.74 Å². The van der Waals surface area contributed by atoms with E-state index in [-0.39, 0.29) is 6.04 Å². The van der Waals surface area contributed by atoms with E-state index in [4.69, 9.17) is 10.5 Å². The number of ether oxygens (including phenoxy) is 1. The molecule has 0 aliphatic carbocycles. The van der Waals surface area contributed by atoms with Gasteiger partial charge in [0.2, 0.25) is 0 Å². The van der Waals surface area contributed by atoms with Crippen molar-refractivity contribution in [3.8, 4) is 5.75 Å². The van der Waals surface area contributed by atoms with Crippen LogP contribution in [0.2, 0.25) is 0 Å². The molecule has 2 aromatic carbocycles. The Labute approximate surface area is 134 Å². The summed E-state index contributed by atoms with van der Waals surface area (Å²) in [6.07, 6.45) is 0.844. The first-order valence-electron chi connectivity index (χ1n) is 6.93. The van der Waals surface area contributed by atoms with Gasteiger partial charge in [-0.1, -0.05) is 28.1 Å². The lowest BCUT2D eigenvalue weighted by Gasteiger charge is -2.24. The van der Waals surface area contributed by atoms with E-state index in [0.29, 0.717) is 0 Å². The number of nitrogens with zero attached hydrogens (tertiary/aromatic N) is 1. The number of rotatable bonds is 5. The molecule has 0 fully saturated rings. The van der Waals surface area contributed by atoms with Crippen molar-refractivity contribution in [2.75, 3.05) is 19.1 Å². The molecule has 21 heavy (non-hydrogen) atoms. The minimum absolute atomic E-state index is 0.128. The molecule has 1 unspecified atom stereocenters. The maximum atomic E-state index is 5.97. The van der Waals surface area contributed by atoms with Crippen LogP contribution in [0.3, 0.4) is 0 Å². The maximum absolute atomic E-state index is 5.97. The van der Waals surface area contributed by atoms with E-state index in [1.807, 2.05) is 25.1 Å². The Balaban J connectivity index is 2.41. The van der Waals surface area contributed by atoms with Crippen molar-refractivity contribution in [1.82, 2.24) is 0 Å². The van der Waals surface area contributed by atoms with E-state index in [0.717, 1.165) is 28.0 Å². The van der Waals surface area contributed by atoms with Crippen LogP contribution in [0.15, 0.2) is 46.9 Å². The molecule has 0 aliphatic heterocycles. The molecule has 1 atom stereocenters. The van der Waals surface area contributed by atoms with Gasteiger partial charge in [-0.2, -0.15) is 0 Å². The van der Waals surface area contributed by atoms with Crippen LogP contribution in [0.5, 0.6) is 5.75 Å². The van der Waals surface area contributed by atoms with E-state index in [1.54, 1.807) is 7.11 Å². The van der Waals surface area contributed by atoms with Gasteiger partial charge in [0.05, 0.1) is 7.11 Å². The van der Waals surface area contributed by atoms with Crippen LogP contribution in [0.4, 0.5) is 11.4 Å². The Hall–Kier alpha value is -1.52. The molecular weight excluding hydrogens is 328 g/mol. The van der Waals surface area contributed by atoms with Crippen LogP contribution in [0.1, 0.15) is 12.5 Å². The molecule has 2 aromatic rings. The molecule has 0 heterocycles. The Kier molecular flexibility index (Phi) is 5.26. The molecule has 112 valence electrons. The SMILES string of the molecule is COc1cccc(N(C)c2cc(Br)ccc2CC(C)N)c1. The predicted molar refractivity (Wildman–Crippen MR) is 92.6 cm³/mol. The number of methoxy groups -OCH3 is 1. The number of halogens is 1. The lowest BCUT2D eigenvalue weighted by molar-refractivity contribution is 0.415. The topological polar surface area (TPSA) is 38.5 Å². The molecule has 0 bridgehead atoms. The number of nitrogens with two attached hydrogens (primary N) is 1. The largest absolute Gasteiger partial charge is 0.497 e. The Morgan fingerprint density at radius 3 is 2.67 bits per heavy atom. The van der Waals surface area contributed by atoms with E-state index >= 15 is 0 Å². The molecule has 0 aliphatic rings. The van der Waals surface area contributed by atoms with E-state index < -0.39 is 0 Å². The minimum atomic E-state index is 0.128. The standard InChI is InChI=1S/C17H21BrN2O/c1-12(19)9-13-7-8-14(18)10-17(13)20(2)15-5-4-6-16(11-15)21-3/h4-8,10-12H,9,19H2,1-3H3. The summed E-state index contributed by atoms with van der Waals surface area (Å²) in [5.74, 6) is 0.850. The average Bonchev–Trinajstić information content (AvgIpc) is 2.48. The Bertz CT molecular complexity index is 613. The first kappa shape index (κ1) is 15.9. The molecule has 4 heteroatoms. The van der Waals surface area contributed by atoms with Crippen molar-refractivity contribution >= 4 is 27.3 Å². The van der Waals surface area contributed by atoms with Crippen LogP contribution in [0.25, 0.3) is 0 Å². The minimum Gasteiger partial charge on any atom is -0.497 e. The second-order valence-corrected chi connectivity index (χ2v) is 6.13. The number of hydrogen-bond acceptors (Lipinski definition) is 3. The summed E-state index contributed by atoms with van der Waals surface area (Å²) in [4.78, 5) is 2.16. The zero-order valence-electron chi connectivity index (χ0n) is 12.6. The number of benzene rings is 2. The summed E-state index contributed by atoms with van der Waals surface area (Å²) < 4.78 is 6.36. The number of anilines is 2. The number of hydrogen-bond donors (Lipinski definition) is 1. The van der Waals surface area contributed by atoms with Gasteiger partial charge in [-0.15, -0.1) is 0 Å². The third-order valence-corrected chi connectivity index (χ3v) is 3.88. The molecule has 0 saturated heterocycles. The zero-order valence-corrected chi connectivity index (χ0v) is 14.2. The van der Waals surface area contributed by atoms with Crippen LogP contribution in [-0.4, -0.2) is 20.2 Å². The first-order valence-corrected chi connectivity index (χ1v) is 7.72. The van der Waals surface area contributed by atoms with Gasteiger partial charge < -0.3 is 15.4 Å². The average molecular weight is 349 g/mol. The fourth-order valence-electron chi connectivity index (χ4n) is 2.33. The Morgan fingerprint density at radius 1 is 1.24 bits per heavy atom. The molecule has 3 nitrogen and oxygen atoms in total. The van der Waals surface area contributed by atoms with Gasteiger partial charge in [-0.05, 0) is 43.2 Å². The van der Waals surface area contributed by atoms with E-state index in [2.05, 4.69) is 52.1 Å². The molecule has 0 aromatic heterocycles. The summed E-state index contributed by atoms with van der Waals surface area (Å²) in [6, 6.07) is 14.5. The lowest BCUT2D eigenvalue weighted by atomic mass is 10.0. The lowest BCUT2D eigenvalue weighted by Crippen LogP contribution is -2.20. The molecule has 0 amide bonds. The van der Waals surface area contributed by atoms with E-state index in [9.17, 15) is 0 Å². The quantitative estimate of drug-likeness (QED) is 0.883. The zero-order chi connectivity index (χ0) is 15.4. The van der Waals surface area contributed by atoms with Gasteiger partial charge in [-0.3, -0.25) is 0 Å². The summed E-state index contributed by atoms with van der Waals surface area (Å²) >= 11 is 3.55. The molecule has 0 spiro atoms. The van der Waals surface area contributed by atoms with Gasteiger partial charge in [0, 0.05) is 35.0 Å².